The quantitative estimate of drug-likeness (QED) is 0.777. The number of nitrogens with zero attached hydrogens (tertiary/aromatic N) is 1. The van der Waals surface area contributed by atoms with E-state index in [0.29, 0.717) is 12.0 Å². The predicted octanol–water partition coefficient (Wildman–Crippen LogP) is 2.49. The zero-order chi connectivity index (χ0) is 12.4. The van der Waals surface area contributed by atoms with Crippen molar-refractivity contribution in [2.45, 2.75) is 31.7 Å². The first kappa shape index (κ1) is 11.5. The molecule has 18 heavy (non-hydrogen) atoms. The maximum absolute atomic E-state index is 5.88. The fourth-order valence-corrected chi connectivity index (χ4v) is 2.97. The third kappa shape index (κ3) is 2.08. The number of hydrogen-bond acceptors (Lipinski definition) is 3. The minimum Gasteiger partial charge on any atom is -0.380 e. The van der Waals surface area contributed by atoms with Gasteiger partial charge in [-0.25, -0.2) is 0 Å². The van der Waals surface area contributed by atoms with E-state index in [9.17, 15) is 0 Å². The second kappa shape index (κ2) is 4.98. The summed E-state index contributed by atoms with van der Waals surface area (Å²) < 4.78 is 0. The Kier molecular flexibility index (Phi) is 3.19. The first-order valence-corrected chi connectivity index (χ1v) is 6.77. The van der Waals surface area contributed by atoms with Crippen LogP contribution in [0.2, 0.25) is 0 Å². The highest BCUT2D eigenvalue weighted by Crippen LogP contribution is 2.29. The van der Waals surface area contributed by atoms with E-state index in [0.717, 1.165) is 23.1 Å². The molecule has 2 unspecified atom stereocenters. The summed E-state index contributed by atoms with van der Waals surface area (Å²) >= 11 is 0. The Labute approximate surface area is 107 Å². The highest BCUT2D eigenvalue weighted by molar-refractivity contribution is 5.90. The van der Waals surface area contributed by atoms with Gasteiger partial charge in [0.25, 0.3) is 0 Å². The van der Waals surface area contributed by atoms with Crippen molar-refractivity contribution >= 4 is 16.6 Å². The summed E-state index contributed by atoms with van der Waals surface area (Å²) in [5, 5.41) is 12.0. The molecule has 1 aromatic carbocycles. The molecular formula is C14H20N4. The molecule has 0 bridgehead atoms. The van der Waals surface area contributed by atoms with E-state index in [-0.39, 0.29) is 0 Å². The number of aromatic nitrogens is 2. The van der Waals surface area contributed by atoms with Gasteiger partial charge in [-0.15, -0.1) is 0 Å². The third-order valence-electron chi connectivity index (χ3n) is 4.03. The maximum Gasteiger partial charge on any atom is 0.0881 e. The van der Waals surface area contributed by atoms with Crippen LogP contribution in [0.4, 0.5) is 5.69 Å². The molecule has 1 aromatic heterocycles. The standard InChI is InChI=1S/C14H20N4/c15-8-10-4-1-2-6-12(10)17-13-7-3-5-11-9-16-18-14(11)13/h3,5,7,9-10,12,17H,1-2,4,6,8,15H2,(H,16,18). The molecule has 1 fully saturated rings. The highest BCUT2D eigenvalue weighted by atomic mass is 15.1. The van der Waals surface area contributed by atoms with E-state index in [1.807, 2.05) is 6.20 Å². The monoisotopic (exact) mass is 244 g/mol. The molecule has 1 aliphatic rings. The SMILES string of the molecule is NCC1CCCCC1Nc1cccc2cn[nH]c12. The molecule has 0 saturated heterocycles. The van der Waals surface area contributed by atoms with Gasteiger partial charge in [0.05, 0.1) is 17.4 Å². The van der Waals surface area contributed by atoms with Crippen molar-refractivity contribution in [3.8, 4) is 0 Å². The lowest BCUT2D eigenvalue weighted by atomic mass is 9.84. The van der Waals surface area contributed by atoms with Gasteiger partial charge in [0, 0.05) is 11.4 Å². The Morgan fingerprint density at radius 1 is 1.33 bits per heavy atom. The van der Waals surface area contributed by atoms with Gasteiger partial charge in [-0.05, 0) is 31.4 Å². The number of fused-ring (bicyclic) bond motifs is 1. The number of nitrogens with two attached hydrogens (primary N) is 1. The van der Waals surface area contributed by atoms with Crippen LogP contribution in [-0.2, 0) is 0 Å². The van der Waals surface area contributed by atoms with E-state index in [2.05, 4.69) is 33.7 Å². The lowest BCUT2D eigenvalue weighted by Gasteiger charge is -2.32. The molecular weight excluding hydrogens is 224 g/mol. The zero-order valence-corrected chi connectivity index (χ0v) is 10.5. The van der Waals surface area contributed by atoms with Gasteiger partial charge in [0.2, 0.25) is 0 Å². The molecule has 4 N–H and O–H groups in total. The van der Waals surface area contributed by atoms with Crippen LogP contribution in [0.25, 0.3) is 10.9 Å². The van der Waals surface area contributed by atoms with Crippen LogP contribution in [0.3, 0.4) is 0 Å². The van der Waals surface area contributed by atoms with Crippen molar-refractivity contribution in [2.24, 2.45) is 11.7 Å². The summed E-state index contributed by atoms with van der Waals surface area (Å²) in [5.41, 5.74) is 8.12. The van der Waals surface area contributed by atoms with Crippen LogP contribution < -0.4 is 11.1 Å². The first-order valence-electron chi connectivity index (χ1n) is 6.77. The van der Waals surface area contributed by atoms with Gasteiger partial charge in [-0.2, -0.15) is 5.10 Å². The summed E-state index contributed by atoms with van der Waals surface area (Å²) in [7, 11) is 0. The lowest BCUT2D eigenvalue weighted by Crippen LogP contribution is -2.36. The number of rotatable bonds is 3. The molecule has 96 valence electrons. The molecule has 1 aliphatic carbocycles. The van der Waals surface area contributed by atoms with Crippen LogP contribution in [0, 0.1) is 5.92 Å². The number of benzene rings is 1. The fraction of sp³-hybridized carbons (Fsp3) is 0.500. The average Bonchev–Trinajstić information content (AvgIpc) is 2.89. The van der Waals surface area contributed by atoms with Crippen LogP contribution in [0.5, 0.6) is 0 Å². The molecule has 4 heteroatoms. The van der Waals surface area contributed by atoms with Crippen LogP contribution in [-0.4, -0.2) is 22.8 Å². The number of nitrogens with one attached hydrogen (secondary N) is 2. The van der Waals surface area contributed by atoms with Crippen molar-refractivity contribution in [2.75, 3.05) is 11.9 Å². The Morgan fingerprint density at radius 3 is 3.11 bits per heavy atom. The molecule has 3 rings (SSSR count). The lowest BCUT2D eigenvalue weighted by molar-refractivity contribution is 0.333. The third-order valence-corrected chi connectivity index (χ3v) is 4.03. The average molecular weight is 244 g/mol. The predicted molar refractivity (Wildman–Crippen MR) is 74.5 cm³/mol. The van der Waals surface area contributed by atoms with Gasteiger partial charge in [-0.3, -0.25) is 5.10 Å². The van der Waals surface area contributed by atoms with Crippen LogP contribution >= 0.6 is 0 Å². The van der Waals surface area contributed by atoms with Crippen LogP contribution in [0.15, 0.2) is 24.4 Å². The largest absolute Gasteiger partial charge is 0.380 e. The number of anilines is 1. The molecule has 2 atom stereocenters. The molecule has 0 amide bonds. The highest BCUT2D eigenvalue weighted by Gasteiger charge is 2.24. The van der Waals surface area contributed by atoms with E-state index < -0.39 is 0 Å². The van der Waals surface area contributed by atoms with E-state index in [4.69, 9.17) is 5.73 Å². The molecule has 1 heterocycles. The number of para-hydroxylation sites is 1. The summed E-state index contributed by atoms with van der Waals surface area (Å²) in [6, 6.07) is 6.76. The Morgan fingerprint density at radius 2 is 2.22 bits per heavy atom. The molecule has 1 saturated carbocycles. The van der Waals surface area contributed by atoms with Crippen molar-refractivity contribution < 1.29 is 0 Å². The molecule has 0 radical (unpaired) electrons. The minimum atomic E-state index is 0.498. The Balaban J connectivity index is 1.84. The Bertz CT molecular complexity index is 519. The molecule has 2 aromatic rings. The number of hydrogen-bond donors (Lipinski definition) is 3. The van der Waals surface area contributed by atoms with Crippen molar-refractivity contribution in [1.82, 2.24) is 10.2 Å². The van der Waals surface area contributed by atoms with Gasteiger partial charge in [0.1, 0.15) is 0 Å². The van der Waals surface area contributed by atoms with E-state index in [1.54, 1.807) is 0 Å². The van der Waals surface area contributed by atoms with E-state index >= 15 is 0 Å². The van der Waals surface area contributed by atoms with Gasteiger partial charge >= 0.3 is 0 Å². The minimum absolute atomic E-state index is 0.498. The first-order chi connectivity index (χ1) is 8.88. The summed E-state index contributed by atoms with van der Waals surface area (Å²) in [6.07, 6.45) is 6.93. The van der Waals surface area contributed by atoms with Crippen molar-refractivity contribution in [3.05, 3.63) is 24.4 Å². The number of H-pyrrole nitrogens is 1. The summed E-state index contributed by atoms with van der Waals surface area (Å²) in [4.78, 5) is 0. The fourth-order valence-electron chi connectivity index (χ4n) is 2.97. The molecule has 0 aliphatic heterocycles. The molecule has 4 nitrogen and oxygen atoms in total. The van der Waals surface area contributed by atoms with Crippen LogP contribution in [0.1, 0.15) is 25.7 Å². The second-order valence-corrected chi connectivity index (χ2v) is 5.17. The van der Waals surface area contributed by atoms with Gasteiger partial charge < -0.3 is 11.1 Å². The maximum atomic E-state index is 5.88. The summed E-state index contributed by atoms with van der Waals surface area (Å²) in [5.74, 6) is 0.594. The normalized spacial score (nSPS) is 24.3. The van der Waals surface area contributed by atoms with Gasteiger partial charge in [-0.1, -0.05) is 25.0 Å². The molecule has 0 spiro atoms. The summed E-state index contributed by atoms with van der Waals surface area (Å²) in [6.45, 7) is 0.774. The van der Waals surface area contributed by atoms with Crippen molar-refractivity contribution in [3.63, 3.8) is 0 Å². The topological polar surface area (TPSA) is 66.7 Å². The Hall–Kier alpha value is -1.55. The van der Waals surface area contributed by atoms with Gasteiger partial charge in [0.15, 0.2) is 0 Å². The smallest absolute Gasteiger partial charge is 0.0881 e. The second-order valence-electron chi connectivity index (χ2n) is 5.17. The van der Waals surface area contributed by atoms with Crippen molar-refractivity contribution in [1.29, 1.82) is 0 Å². The van der Waals surface area contributed by atoms with E-state index in [1.165, 1.54) is 25.7 Å². The zero-order valence-electron chi connectivity index (χ0n) is 10.5. The number of aromatic amines is 1.